The van der Waals surface area contributed by atoms with Crippen LogP contribution in [0.25, 0.3) is 0 Å². The smallest absolute Gasteiger partial charge is 0.336 e. The number of carboxylic acid groups (broad SMARTS) is 2. The Hall–Kier alpha value is -1.55. The number of hydrogen-bond acceptors (Lipinski definition) is 2. The predicted molar refractivity (Wildman–Crippen MR) is 66.6 cm³/mol. The van der Waals surface area contributed by atoms with Crippen LogP contribution in [0.2, 0.25) is 0 Å². The van der Waals surface area contributed by atoms with Gasteiger partial charge in [0.25, 0.3) is 0 Å². The first-order valence-corrected chi connectivity index (χ1v) is 4.86. The molecule has 1 aromatic rings. The topological polar surface area (TPSA) is 74.6 Å². The van der Waals surface area contributed by atoms with Crippen molar-refractivity contribution in [2.75, 3.05) is 0 Å². The Kier molecular flexibility index (Phi) is 4.71. The number of aromatic carboxylic acids is 2. The van der Waals surface area contributed by atoms with E-state index in [1.54, 1.807) is 27.7 Å². The summed E-state index contributed by atoms with van der Waals surface area (Å²) in [6, 6.07) is 0. The van der Waals surface area contributed by atoms with E-state index in [4.69, 9.17) is 10.2 Å². The van der Waals surface area contributed by atoms with E-state index < -0.39 is 11.9 Å². The molecular formula is C12H15ClO4. The zero-order chi connectivity index (χ0) is 12.6. The maximum absolute atomic E-state index is 11.1. The zero-order valence-electron chi connectivity index (χ0n) is 10.1. The van der Waals surface area contributed by atoms with Gasteiger partial charge in [0.2, 0.25) is 0 Å². The van der Waals surface area contributed by atoms with Crippen molar-refractivity contribution in [1.29, 1.82) is 0 Å². The molecule has 0 aromatic heterocycles. The molecule has 0 spiro atoms. The highest BCUT2D eigenvalue weighted by molar-refractivity contribution is 5.97. The van der Waals surface area contributed by atoms with E-state index in [1.807, 2.05) is 0 Å². The van der Waals surface area contributed by atoms with E-state index in [2.05, 4.69) is 0 Å². The van der Waals surface area contributed by atoms with Crippen molar-refractivity contribution >= 4 is 24.3 Å². The average molecular weight is 259 g/mol. The summed E-state index contributed by atoms with van der Waals surface area (Å²) in [4.78, 5) is 22.2. The van der Waals surface area contributed by atoms with Crippen LogP contribution in [0.1, 0.15) is 43.0 Å². The fourth-order valence-electron chi connectivity index (χ4n) is 1.95. The molecular weight excluding hydrogens is 244 g/mol. The van der Waals surface area contributed by atoms with Gasteiger partial charge in [-0.2, -0.15) is 0 Å². The molecule has 0 aliphatic heterocycles. The van der Waals surface area contributed by atoms with Crippen LogP contribution < -0.4 is 0 Å². The van der Waals surface area contributed by atoms with Crippen molar-refractivity contribution in [3.8, 4) is 0 Å². The molecule has 0 radical (unpaired) electrons. The second kappa shape index (κ2) is 5.19. The number of carboxylic acids is 2. The van der Waals surface area contributed by atoms with Gasteiger partial charge in [0, 0.05) is 0 Å². The molecule has 0 fully saturated rings. The number of carbonyl (C=O) groups is 2. The summed E-state index contributed by atoms with van der Waals surface area (Å²) in [6.07, 6.45) is 0. The van der Waals surface area contributed by atoms with E-state index >= 15 is 0 Å². The lowest BCUT2D eigenvalue weighted by Gasteiger charge is -2.15. The van der Waals surface area contributed by atoms with Crippen LogP contribution in [0.15, 0.2) is 0 Å². The quantitative estimate of drug-likeness (QED) is 0.855. The summed E-state index contributed by atoms with van der Waals surface area (Å²) in [6.45, 7) is 6.55. The van der Waals surface area contributed by atoms with Crippen molar-refractivity contribution in [3.63, 3.8) is 0 Å². The number of hydrogen-bond donors (Lipinski definition) is 2. The Morgan fingerprint density at radius 2 is 0.882 bits per heavy atom. The van der Waals surface area contributed by atoms with Crippen LogP contribution in [0.4, 0.5) is 0 Å². The van der Waals surface area contributed by atoms with Crippen LogP contribution in [-0.2, 0) is 0 Å². The van der Waals surface area contributed by atoms with Crippen LogP contribution in [0.3, 0.4) is 0 Å². The summed E-state index contributed by atoms with van der Waals surface area (Å²) in [5, 5.41) is 18.2. The van der Waals surface area contributed by atoms with Gasteiger partial charge in [-0.3, -0.25) is 0 Å². The van der Waals surface area contributed by atoms with Gasteiger partial charge in [-0.05, 0) is 49.9 Å². The molecule has 0 amide bonds. The standard InChI is InChI=1S/C12H14O4.ClH/c1-5-6(2)10(12(15)16)8(4)7(3)9(5)11(13)14;/h1-4H3,(H,13,14)(H,15,16);1H. The van der Waals surface area contributed by atoms with Crippen LogP contribution in [0, 0.1) is 27.7 Å². The fourth-order valence-corrected chi connectivity index (χ4v) is 1.95. The van der Waals surface area contributed by atoms with Crippen molar-refractivity contribution in [3.05, 3.63) is 33.4 Å². The molecule has 94 valence electrons. The molecule has 0 aliphatic carbocycles. The Morgan fingerprint density at radius 1 is 0.706 bits per heavy atom. The lowest BCUT2D eigenvalue weighted by atomic mass is 9.89. The first-order valence-electron chi connectivity index (χ1n) is 4.86. The first kappa shape index (κ1) is 15.5. The van der Waals surface area contributed by atoms with Gasteiger partial charge in [-0.1, -0.05) is 0 Å². The van der Waals surface area contributed by atoms with E-state index in [0.717, 1.165) is 0 Å². The summed E-state index contributed by atoms with van der Waals surface area (Å²) in [5.74, 6) is -2.03. The van der Waals surface area contributed by atoms with Crippen molar-refractivity contribution in [2.24, 2.45) is 0 Å². The minimum atomic E-state index is -1.02. The molecule has 5 heteroatoms. The summed E-state index contributed by atoms with van der Waals surface area (Å²) < 4.78 is 0. The highest BCUT2D eigenvalue weighted by atomic mass is 35.5. The lowest BCUT2D eigenvalue weighted by molar-refractivity contribution is 0.0678. The monoisotopic (exact) mass is 258 g/mol. The van der Waals surface area contributed by atoms with Gasteiger partial charge < -0.3 is 10.2 Å². The van der Waals surface area contributed by atoms with Gasteiger partial charge >= 0.3 is 11.9 Å². The van der Waals surface area contributed by atoms with E-state index in [-0.39, 0.29) is 23.5 Å². The lowest BCUT2D eigenvalue weighted by Crippen LogP contribution is -2.13. The van der Waals surface area contributed by atoms with Crippen LogP contribution in [0.5, 0.6) is 0 Å². The molecule has 0 atom stereocenters. The number of halogens is 1. The molecule has 1 aromatic carbocycles. The second-order valence-electron chi connectivity index (χ2n) is 3.86. The Labute approximate surface area is 106 Å². The van der Waals surface area contributed by atoms with Crippen LogP contribution >= 0.6 is 12.4 Å². The summed E-state index contributed by atoms with van der Waals surface area (Å²) in [7, 11) is 0. The van der Waals surface area contributed by atoms with E-state index in [9.17, 15) is 9.59 Å². The van der Waals surface area contributed by atoms with Crippen molar-refractivity contribution in [1.82, 2.24) is 0 Å². The Balaban J connectivity index is 0.00000256. The van der Waals surface area contributed by atoms with Gasteiger partial charge in [0.15, 0.2) is 0 Å². The third kappa shape index (κ3) is 2.42. The minimum absolute atomic E-state index is 0. The molecule has 0 saturated carbocycles. The number of rotatable bonds is 2. The Bertz CT molecular complexity index is 418. The molecule has 0 bridgehead atoms. The van der Waals surface area contributed by atoms with E-state index in [0.29, 0.717) is 22.3 Å². The highest BCUT2D eigenvalue weighted by Gasteiger charge is 2.22. The largest absolute Gasteiger partial charge is 0.478 e. The minimum Gasteiger partial charge on any atom is -0.478 e. The SMILES string of the molecule is Cc1c(C)c(C(=O)O)c(C)c(C)c1C(=O)O.Cl. The summed E-state index contributed by atoms with van der Waals surface area (Å²) in [5.41, 5.74) is 2.50. The van der Waals surface area contributed by atoms with Gasteiger partial charge in [-0.25, -0.2) is 9.59 Å². The molecule has 4 nitrogen and oxygen atoms in total. The molecule has 0 aliphatic rings. The summed E-state index contributed by atoms with van der Waals surface area (Å²) >= 11 is 0. The molecule has 0 unspecified atom stereocenters. The fraction of sp³-hybridized carbons (Fsp3) is 0.333. The maximum atomic E-state index is 11.1. The van der Waals surface area contributed by atoms with Gasteiger partial charge in [-0.15, -0.1) is 12.4 Å². The Morgan fingerprint density at radius 3 is 1.00 bits per heavy atom. The van der Waals surface area contributed by atoms with E-state index in [1.165, 1.54) is 0 Å². The normalized spacial score (nSPS) is 9.65. The second-order valence-corrected chi connectivity index (χ2v) is 3.86. The van der Waals surface area contributed by atoms with Gasteiger partial charge in [0.1, 0.15) is 0 Å². The first-order chi connectivity index (χ1) is 7.29. The third-order valence-electron chi connectivity index (χ3n) is 3.05. The maximum Gasteiger partial charge on any atom is 0.336 e. The molecule has 0 saturated heterocycles. The van der Waals surface area contributed by atoms with Crippen molar-refractivity contribution < 1.29 is 19.8 Å². The average Bonchev–Trinajstić information content (AvgIpc) is 2.14. The molecule has 17 heavy (non-hydrogen) atoms. The highest BCUT2D eigenvalue weighted by Crippen LogP contribution is 2.26. The van der Waals surface area contributed by atoms with Gasteiger partial charge in [0.05, 0.1) is 11.1 Å². The number of benzene rings is 1. The third-order valence-corrected chi connectivity index (χ3v) is 3.05. The van der Waals surface area contributed by atoms with Crippen LogP contribution in [-0.4, -0.2) is 22.2 Å². The predicted octanol–water partition coefficient (Wildman–Crippen LogP) is 2.74. The molecule has 0 heterocycles. The van der Waals surface area contributed by atoms with Crippen molar-refractivity contribution in [2.45, 2.75) is 27.7 Å². The molecule has 2 N–H and O–H groups in total. The molecule has 1 rings (SSSR count). The zero-order valence-corrected chi connectivity index (χ0v) is 10.9.